The number of hydrogen-bond acceptors (Lipinski definition) is 2. The van der Waals surface area contributed by atoms with Crippen LogP contribution in [0.25, 0.3) is 0 Å². The molecule has 0 N–H and O–H groups in total. The standard InChI is InChI=1S/C16H12O2/c1-9-3-5-11-13(7-9)15(17)12-6-4-10(2)8-14(12)16(11)18/h3-8H,1-2H3. The molecule has 0 aliphatic heterocycles. The first-order valence-electron chi connectivity index (χ1n) is 5.88. The van der Waals surface area contributed by atoms with Crippen LogP contribution in [0.1, 0.15) is 43.0 Å². The van der Waals surface area contributed by atoms with Crippen LogP contribution < -0.4 is 0 Å². The molecule has 1 aliphatic carbocycles. The van der Waals surface area contributed by atoms with E-state index in [1.807, 2.05) is 26.0 Å². The molecule has 0 fully saturated rings. The Hall–Kier alpha value is -2.22. The van der Waals surface area contributed by atoms with Crippen molar-refractivity contribution >= 4 is 11.6 Å². The van der Waals surface area contributed by atoms with E-state index in [1.165, 1.54) is 0 Å². The van der Waals surface area contributed by atoms with Crippen molar-refractivity contribution in [3.63, 3.8) is 0 Å². The topological polar surface area (TPSA) is 34.1 Å². The zero-order chi connectivity index (χ0) is 12.9. The van der Waals surface area contributed by atoms with E-state index >= 15 is 0 Å². The lowest BCUT2D eigenvalue weighted by atomic mass is 9.83. The molecular formula is C16H12O2. The van der Waals surface area contributed by atoms with E-state index < -0.39 is 0 Å². The van der Waals surface area contributed by atoms with Gasteiger partial charge in [0.1, 0.15) is 0 Å². The summed E-state index contributed by atoms with van der Waals surface area (Å²) in [7, 11) is 0. The second-order valence-electron chi connectivity index (χ2n) is 4.76. The molecule has 0 heterocycles. The lowest BCUT2D eigenvalue weighted by Crippen LogP contribution is -2.21. The largest absolute Gasteiger partial charge is 0.289 e. The van der Waals surface area contributed by atoms with Gasteiger partial charge in [-0.3, -0.25) is 9.59 Å². The van der Waals surface area contributed by atoms with Crippen molar-refractivity contribution in [1.29, 1.82) is 0 Å². The van der Waals surface area contributed by atoms with Gasteiger partial charge < -0.3 is 0 Å². The summed E-state index contributed by atoms with van der Waals surface area (Å²) in [6, 6.07) is 10.8. The molecule has 0 spiro atoms. The van der Waals surface area contributed by atoms with Gasteiger partial charge in [0.25, 0.3) is 0 Å². The van der Waals surface area contributed by atoms with Gasteiger partial charge in [-0.1, -0.05) is 35.4 Å². The Morgan fingerprint density at radius 1 is 0.611 bits per heavy atom. The molecule has 1 aliphatic rings. The Bertz CT molecular complexity index is 635. The molecular weight excluding hydrogens is 224 g/mol. The van der Waals surface area contributed by atoms with Gasteiger partial charge in [0.15, 0.2) is 11.6 Å². The molecule has 0 radical (unpaired) electrons. The molecule has 0 atom stereocenters. The summed E-state index contributed by atoms with van der Waals surface area (Å²) >= 11 is 0. The summed E-state index contributed by atoms with van der Waals surface area (Å²) in [5, 5.41) is 0. The van der Waals surface area contributed by atoms with Crippen LogP contribution in [0, 0.1) is 13.8 Å². The maximum atomic E-state index is 12.4. The van der Waals surface area contributed by atoms with E-state index in [4.69, 9.17) is 0 Å². The van der Waals surface area contributed by atoms with E-state index in [0.717, 1.165) is 11.1 Å². The van der Waals surface area contributed by atoms with Crippen LogP contribution in [-0.4, -0.2) is 11.6 Å². The molecule has 18 heavy (non-hydrogen) atoms. The average Bonchev–Trinajstić information content (AvgIpc) is 2.36. The van der Waals surface area contributed by atoms with Crippen molar-refractivity contribution in [2.75, 3.05) is 0 Å². The molecule has 2 aromatic carbocycles. The average molecular weight is 236 g/mol. The first-order valence-corrected chi connectivity index (χ1v) is 5.88. The predicted molar refractivity (Wildman–Crippen MR) is 69.2 cm³/mol. The Kier molecular flexibility index (Phi) is 2.20. The van der Waals surface area contributed by atoms with E-state index in [2.05, 4.69) is 0 Å². The molecule has 0 amide bonds. The Morgan fingerprint density at radius 3 is 1.39 bits per heavy atom. The van der Waals surface area contributed by atoms with Crippen LogP contribution in [-0.2, 0) is 0 Å². The molecule has 0 saturated carbocycles. The number of hydrogen-bond donors (Lipinski definition) is 0. The summed E-state index contributed by atoms with van der Waals surface area (Å²) in [6.07, 6.45) is 0. The summed E-state index contributed by atoms with van der Waals surface area (Å²) in [6.45, 7) is 3.84. The van der Waals surface area contributed by atoms with Crippen LogP contribution in [0.15, 0.2) is 36.4 Å². The zero-order valence-electron chi connectivity index (χ0n) is 10.3. The minimum atomic E-state index is -0.0525. The van der Waals surface area contributed by atoms with Crippen LogP contribution in [0.3, 0.4) is 0 Å². The van der Waals surface area contributed by atoms with Crippen LogP contribution in [0.5, 0.6) is 0 Å². The number of aryl methyl sites for hydroxylation is 2. The highest BCUT2D eigenvalue weighted by molar-refractivity contribution is 6.28. The van der Waals surface area contributed by atoms with Gasteiger partial charge in [0.05, 0.1) is 0 Å². The molecule has 0 bridgehead atoms. The monoisotopic (exact) mass is 236 g/mol. The molecule has 88 valence electrons. The molecule has 0 unspecified atom stereocenters. The van der Waals surface area contributed by atoms with Crippen molar-refractivity contribution in [2.24, 2.45) is 0 Å². The Balaban J connectivity index is 2.31. The zero-order valence-corrected chi connectivity index (χ0v) is 10.3. The highest BCUT2D eigenvalue weighted by atomic mass is 16.1. The number of ketones is 2. The highest BCUT2D eigenvalue weighted by Crippen LogP contribution is 2.28. The van der Waals surface area contributed by atoms with Gasteiger partial charge in [0.2, 0.25) is 0 Å². The lowest BCUT2D eigenvalue weighted by Gasteiger charge is -2.18. The normalized spacial score (nSPS) is 13.2. The SMILES string of the molecule is Cc1ccc2c(c1)C(=O)c1ccc(C)cc1C2=O. The van der Waals surface area contributed by atoms with E-state index in [1.54, 1.807) is 24.3 Å². The third kappa shape index (κ3) is 1.42. The fraction of sp³-hybridized carbons (Fsp3) is 0.125. The Morgan fingerprint density at radius 2 is 1.00 bits per heavy atom. The first kappa shape index (κ1) is 10.9. The third-order valence-corrected chi connectivity index (χ3v) is 3.33. The van der Waals surface area contributed by atoms with Gasteiger partial charge in [-0.05, 0) is 26.0 Å². The number of benzene rings is 2. The number of carbonyl (C=O) groups is 2. The fourth-order valence-corrected chi connectivity index (χ4v) is 2.38. The highest BCUT2D eigenvalue weighted by Gasteiger charge is 2.29. The molecule has 0 saturated heterocycles. The molecule has 0 aromatic heterocycles. The number of carbonyl (C=O) groups excluding carboxylic acids is 2. The predicted octanol–water partition coefficient (Wildman–Crippen LogP) is 3.08. The third-order valence-electron chi connectivity index (χ3n) is 3.33. The van der Waals surface area contributed by atoms with Crippen molar-refractivity contribution in [3.8, 4) is 0 Å². The second kappa shape index (κ2) is 3.64. The molecule has 2 heteroatoms. The number of rotatable bonds is 0. The minimum Gasteiger partial charge on any atom is -0.289 e. The summed E-state index contributed by atoms with van der Waals surface area (Å²) < 4.78 is 0. The number of fused-ring (bicyclic) bond motifs is 2. The van der Waals surface area contributed by atoms with Crippen molar-refractivity contribution in [1.82, 2.24) is 0 Å². The van der Waals surface area contributed by atoms with Gasteiger partial charge in [0, 0.05) is 22.3 Å². The maximum Gasteiger partial charge on any atom is 0.194 e. The minimum absolute atomic E-state index is 0.0525. The fourth-order valence-electron chi connectivity index (χ4n) is 2.38. The summed E-state index contributed by atoms with van der Waals surface area (Å²) in [5.41, 5.74) is 4.07. The van der Waals surface area contributed by atoms with Crippen molar-refractivity contribution in [2.45, 2.75) is 13.8 Å². The van der Waals surface area contributed by atoms with Crippen LogP contribution in [0.4, 0.5) is 0 Å². The van der Waals surface area contributed by atoms with Gasteiger partial charge in [-0.2, -0.15) is 0 Å². The van der Waals surface area contributed by atoms with E-state index in [0.29, 0.717) is 22.3 Å². The van der Waals surface area contributed by atoms with Crippen molar-refractivity contribution in [3.05, 3.63) is 69.8 Å². The van der Waals surface area contributed by atoms with Gasteiger partial charge in [-0.15, -0.1) is 0 Å². The maximum absolute atomic E-state index is 12.4. The lowest BCUT2D eigenvalue weighted by molar-refractivity contribution is 0.0979. The molecule has 3 rings (SSSR count). The Labute approximate surface area is 105 Å². The van der Waals surface area contributed by atoms with Crippen molar-refractivity contribution < 1.29 is 9.59 Å². The van der Waals surface area contributed by atoms with Gasteiger partial charge >= 0.3 is 0 Å². The quantitative estimate of drug-likeness (QED) is 0.601. The van der Waals surface area contributed by atoms with E-state index in [9.17, 15) is 9.59 Å². The summed E-state index contributed by atoms with van der Waals surface area (Å²) in [4.78, 5) is 24.7. The second-order valence-corrected chi connectivity index (χ2v) is 4.76. The molecule has 2 aromatic rings. The first-order chi connectivity index (χ1) is 8.58. The van der Waals surface area contributed by atoms with E-state index in [-0.39, 0.29) is 11.6 Å². The van der Waals surface area contributed by atoms with Gasteiger partial charge in [-0.25, -0.2) is 0 Å². The van der Waals surface area contributed by atoms with Crippen LogP contribution >= 0.6 is 0 Å². The summed E-state index contributed by atoms with van der Waals surface area (Å²) in [5.74, 6) is -0.105. The molecule has 2 nitrogen and oxygen atoms in total. The smallest absolute Gasteiger partial charge is 0.194 e. The van der Waals surface area contributed by atoms with Crippen LogP contribution in [0.2, 0.25) is 0 Å².